The maximum Gasteiger partial charge on any atom is 0.422 e. The van der Waals surface area contributed by atoms with Crippen LogP contribution in [0.2, 0.25) is 0 Å². The molecule has 2 fully saturated rings. The Morgan fingerprint density at radius 1 is 1.07 bits per heavy atom. The highest BCUT2D eigenvalue weighted by Crippen LogP contribution is 2.35. The lowest BCUT2D eigenvalue weighted by Gasteiger charge is -2.44. The molecule has 1 amide bonds. The van der Waals surface area contributed by atoms with Crippen LogP contribution in [0.25, 0.3) is 0 Å². The van der Waals surface area contributed by atoms with Crippen molar-refractivity contribution in [2.75, 3.05) is 18.9 Å². The maximum absolute atomic E-state index is 12.7. The first-order chi connectivity index (χ1) is 13.6. The number of carbonyl (C=O) groups excluding carboxylic acids is 1. The van der Waals surface area contributed by atoms with E-state index in [2.05, 4.69) is 4.74 Å². The number of hydrogen-bond acceptors (Lipinski definition) is 4. The van der Waals surface area contributed by atoms with Crippen molar-refractivity contribution in [3.8, 4) is 5.75 Å². The minimum atomic E-state index is -4.44. The van der Waals surface area contributed by atoms with Crippen LogP contribution < -0.4 is 4.74 Å². The van der Waals surface area contributed by atoms with Gasteiger partial charge in [-0.05, 0) is 49.3 Å². The summed E-state index contributed by atoms with van der Waals surface area (Å²) in [4.78, 5) is 14.5. The van der Waals surface area contributed by atoms with Crippen molar-refractivity contribution in [2.45, 2.75) is 56.5 Å². The van der Waals surface area contributed by atoms with Crippen LogP contribution in [0.1, 0.15) is 44.1 Å². The largest absolute Gasteiger partial charge is 0.484 e. The van der Waals surface area contributed by atoms with Crippen LogP contribution in [0.3, 0.4) is 0 Å². The number of ether oxygens (including phenoxy) is 1. The second-order valence-electron chi connectivity index (χ2n) is 7.92. The van der Waals surface area contributed by atoms with Crippen LogP contribution >= 0.6 is 0 Å². The number of sulfone groups is 1. The summed E-state index contributed by atoms with van der Waals surface area (Å²) < 4.78 is 66.2. The van der Waals surface area contributed by atoms with Gasteiger partial charge in [-0.3, -0.25) is 4.79 Å². The Morgan fingerprint density at radius 2 is 1.72 bits per heavy atom. The number of likely N-dealkylation sites (tertiary alicyclic amines) is 1. The van der Waals surface area contributed by atoms with E-state index in [1.54, 1.807) is 4.90 Å². The lowest BCUT2D eigenvalue weighted by Crippen LogP contribution is -2.51. The number of nitrogens with zero attached hydrogens (tertiary/aromatic N) is 1. The smallest absolute Gasteiger partial charge is 0.422 e. The first kappa shape index (κ1) is 21.9. The third-order valence-electron chi connectivity index (χ3n) is 5.62. The Hall–Kier alpha value is -1.77. The van der Waals surface area contributed by atoms with Gasteiger partial charge in [-0.15, -0.1) is 0 Å². The van der Waals surface area contributed by atoms with Gasteiger partial charge in [0, 0.05) is 12.6 Å². The van der Waals surface area contributed by atoms with Gasteiger partial charge in [0.1, 0.15) is 11.5 Å². The first-order valence-corrected chi connectivity index (χ1v) is 11.7. The number of carbonyl (C=O) groups is 1. The summed E-state index contributed by atoms with van der Waals surface area (Å²) in [5.41, 5.74) is 0.409. The standard InChI is InChI=1S/C20H26F3NO4S/c21-20(22,23)14-28-17-9-7-15(8-10-17)12-29(26,27)13-19(25)24-11-3-5-16-4-1-2-6-18(16)24/h7-10,16,18H,1-6,11-14H2. The van der Waals surface area contributed by atoms with E-state index in [-0.39, 0.29) is 23.5 Å². The van der Waals surface area contributed by atoms with Gasteiger partial charge in [0.2, 0.25) is 5.91 Å². The SMILES string of the molecule is O=C(CS(=O)(=O)Cc1ccc(OCC(F)(F)F)cc1)N1CCCC2CCCCC21. The van der Waals surface area contributed by atoms with Crippen molar-refractivity contribution in [1.82, 2.24) is 4.90 Å². The van der Waals surface area contributed by atoms with Gasteiger partial charge in [0.05, 0.1) is 5.75 Å². The van der Waals surface area contributed by atoms with Crippen molar-refractivity contribution in [3.05, 3.63) is 29.8 Å². The Balaban J connectivity index is 1.57. The van der Waals surface area contributed by atoms with Crippen LogP contribution in [0.4, 0.5) is 13.2 Å². The quantitative estimate of drug-likeness (QED) is 0.686. The van der Waals surface area contributed by atoms with E-state index in [1.807, 2.05) is 0 Å². The summed E-state index contributed by atoms with van der Waals surface area (Å²) in [7, 11) is -3.68. The van der Waals surface area contributed by atoms with Crippen molar-refractivity contribution >= 4 is 15.7 Å². The van der Waals surface area contributed by atoms with Crippen LogP contribution in [-0.2, 0) is 20.4 Å². The molecule has 1 aromatic rings. The van der Waals surface area contributed by atoms with E-state index in [4.69, 9.17) is 0 Å². The Labute approximate surface area is 169 Å². The van der Waals surface area contributed by atoms with Gasteiger partial charge < -0.3 is 9.64 Å². The molecule has 9 heteroatoms. The molecule has 2 atom stereocenters. The topological polar surface area (TPSA) is 63.7 Å². The molecule has 29 heavy (non-hydrogen) atoms. The molecule has 1 saturated heterocycles. The van der Waals surface area contributed by atoms with Crippen LogP contribution in [0.5, 0.6) is 5.75 Å². The van der Waals surface area contributed by atoms with Gasteiger partial charge in [-0.1, -0.05) is 25.0 Å². The summed E-state index contributed by atoms with van der Waals surface area (Å²) >= 11 is 0. The van der Waals surface area contributed by atoms with Gasteiger partial charge in [0.25, 0.3) is 0 Å². The Morgan fingerprint density at radius 3 is 2.41 bits per heavy atom. The average molecular weight is 433 g/mol. The monoisotopic (exact) mass is 433 g/mol. The zero-order chi connectivity index (χ0) is 21.1. The fraction of sp³-hybridized carbons (Fsp3) is 0.650. The zero-order valence-corrected chi connectivity index (χ0v) is 17.0. The number of rotatable bonds is 6. The molecule has 1 saturated carbocycles. The highest BCUT2D eigenvalue weighted by atomic mass is 32.2. The van der Waals surface area contributed by atoms with Gasteiger partial charge in [-0.25, -0.2) is 8.42 Å². The molecule has 2 unspecified atom stereocenters. The third-order valence-corrected chi connectivity index (χ3v) is 7.08. The summed E-state index contributed by atoms with van der Waals surface area (Å²) in [5.74, 6) is -0.723. The minimum Gasteiger partial charge on any atom is -0.484 e. The summed E-state index contributed by atoms with van der Waals surface area (Å²) in [6.07, 6.45) is 1.86. The highest BCUT2D eigenvalue weighted by molar-refractivity contribution is 7.91. The molecule has 0 bridgehead atoms. The normalized spacial score (nSPS) is 22.8. The van der Waals surface area contributed by atoms with Crippen molar-refractivity contribution in [1.29, 1.82) is 0 Å². The van der Waals surface area contributed by atoms with Gasteiger partial charge in [-0.2, -0.15) is 13.2 Å². The van der Waals surface area contributed by atoms with E-state index >= 15 is 0 Å². The molecule has 0 spiro atoms. The molecule has 1 aliphatic heterocycles. The predicted molar refractivity (Wildman–Crippen MR) is 102 cm³/mol. The Kier molecular flexibility index (Phi) is 6.76. The second kappa shape index (κ2) is 8.93. The fourth-order valence-corrected chi connectivity index (χ4v) is 5.70. The molecule has 2 aliphatic rings. The predicted octanol–water partition coefficient (Wildman–Crippen LogP) is 3.72. The lowest BCUT2D eigenvalue weighted by molar-refractivity contribution is -0.153. The molecule has 3 rings (SSSR count). The van der Waals surface area contributed by atoms with E-state index in [9.17, 15) is 26.4 Å². The Bertz CT molecular complexity index is 806. The maximum atomic E-state index is 12.7. The number of hydrogen-bond donors (Lipinski definition) is 0. The molecule has 1 aromatic carbocycles. The second-order valence-corrected chi connectivity index (χ2v) is 9.99. The van der Waals surface area contributed by atoms with E-state index < -0.39 is 28.4 Å². The van der Waals surface area contributed by atoms with Crippen LogP contribution in [0, 0.1) is 5.92 Å². The van der Waals surface area contributed by atoms with Crippen molar-refractivity contribution < 1.29 is 31.1 Å². The molecule has 1 aliphatic carbocycles. The summed E-state index contributed by atoms with van der Waals surface area (Å²) in [6.45, 7) is -0.794. The van der Waals surface area contributed by atoms with E-state index in [1.165, 1.54) is 30.7 Å². The van der Waals surface area contributed by atoms with Crippen LogP contribution in [-0.4, -0.2) is 50.3 Å². The van der Waals surface area contributed by atoms with Crippen molar-refractivity contribution in [2.24, 2.45) is 5.92 Å². The minimum absolute atomic E-state index is 0.0104. The molecular formula is C20H26F3NO4S. The van der Waals surface area contributed by atoms with E-state index in [0.29, 0.717) is 18.0 Å². The van der Waals surface area contributed by atoms with Crippen molar-refractivity contribution in [3.63, 3.8) is 0 Å². The molecule has 0 N–H and O–H groups in total. The van der Waals surface area contributed by atoms with Gasteiger partial charge in [0.15, 0.2) is 16.4 Å². The number of benzene rings is 1. The molecular weight excluding hydrogens is 407 g/mol. The van der Waals surface area contributed by atoms with Gasteiger partial charge >= 0.3 is 6.18 Å². The fourth-order valence-electron chi connectivity index (χ4n) is 4.36. The average Bonchev–Trinajstić information content (AvgIpc) is 2.65. The number of amides is 1. The lowest BCUT2D eigenvalue weighted by atomic mass is 9.78. The summed E-state index contributed by atoms with van der Waals surface area (Å²) in [5, 5.41) is 0. The summed E-state index contributed by atoms with van der Waals surface area (Å²) in [6, 6.07) is 5.58. The highest BCUT2D eigenvalue weighted by Gasteiger charge is 2.36. The van der Waals surface area contributed by atoms with Crippen LogP contribution in [0.15, 0.2) is 24.3 Å². The van der Waals surface area contributed by atoms with E-state index in [0.717, 1.165) is 32.1 Å². The molecule has 162 valence electrons. The molecule has 0 aromatic heterocycles. The number of piperidine rings is 1. The zero-order valence-electron chi connectivity index (χ0n) is 16.2. The molecule has 1 heterocycles. The third kappa shape index (κ3) is 6.35. The molecule has 5 nitrogen and oxygen atoms in total. The number of fused-ring (bicyclic) bond motifs is 1. The number of alkyl halides is 3. The first-order valence-electron chi connectivity index (χ1n) is 9.91. The number of halogens is 3. The molecule has 0 radical (unpaired) electrons.